The fourth-order valence-electron chi connectivity index (χ4n) is 2.45. The van der Waals surface area contributed by atoms with Gasteiger partial charge in [0.05, 0.1) is 15.8 Å². The van der Waals surface area contributed by atoms with Crippen LogP contribution >= 0.6 is 0 Å². The highest BCUT2D eigenvalue weighted by atomic mass is 16.6. The first-order valence-electron chi connectivity index (χ1n) is 7.56. The molecule has 0 aliphatic carbocycles. The van der Waals surface area contributed by atoms with Crippen molar-refractivity contribution in [1.82, 2.24) is 15.0 Å². The number of rotatable bonds is 4. The maximum absolute atomic E-state index is 12.3. The van der Waals surface area contributed by atoms with E-state index in [-0.39, 0.29) is 11.2 Å². The molecule has 0 bridgehead atoms. The minimum Gasteiger partial charge on any atom is -0.310 e. The van der Waals surface area contributed by atoms with Crippen LogP contribution < -0.4 is 5.56 Å². The molecule has 0 unspecified atom stereocenters. The Bertz CT molecular complexity index is 962. The van der Waals surface area contributed by atoms with Crippen LogP contribution in [0.1, 0.15) is 36.8 Å². The molecule has 0 fully saturated rings. The van der Waals surface area contributed by atoms with E-state index in [0.29, 0.717) is 34.8 Å². The predicted octanol–water partition coefficient (Wildman–Crippen LogP) is 2.94. The van der Waals surface area contributed by atoms with Crippen molar-refractivity contribution in [3.63, 3.8) is 0 Å². The van der Waals surface area contributed by atoms with Gasteiger partial charge < -0.3 is 4.98 Å². The standard InChI is InChI=1S/C17H16N4O3/c1-10(2)11-3-6-15-14(7-11)17(22)20-16(19-15)8-12-4-5-13(9-18-12)21(23)24/h3-7,9-10H,8H2,1-2H3,(H,19,20,22). The number of benzene rings is 1. The summed E-state index contributed by atoms with van der Waals surface area (Å²) in [5.41, 5.74) is 2.04. The second-order valence-corrected chi connectivity index (χ2v) is 5.89. The molecule has 7 nitrogen and oxygen atoms in total. The fourth-order valence-corrected chi connectivity index (χ4v) is 2.45. The van der Waals surface area contributed by atoms with Gasteiger partial charge in [0.15, 0.2) is 0 Å². The van der Waals surface area contributed by atoms with Crippen molar-refractivity contribution in [2.75, 3.05) is 0 Å². The summed E-state index contributed by atoms with van der Waals surface area (Å²) in [6.07, 6.45) is 1.50. The molecule has 2 aromatic heterocycles. The van der Waals surface area contributed by atoms with E-state index in [1.807, 2.05) is 18.2 Å². The van der Waals surface area contributed by atoms with Gasteiger partial charge in [0.2, 0.25) is 0 Å². The van der Waals surface area contributed by atoms with Crippen LogP contribution in [0.4, 0.5) is 5.69 Å². The fraction of sp³-hybridized carbons (Fsp3) is 0.235. The second-order valence-electron chi connectivity index (χ2n) is 5.89. The number of hydrogen-bond acceptors (Lipinski definition) is 5. The van der Waals surface area contributed by atoms with Gasteiger partial charge >= 0.3 is 0 Å². The monoisotopic (exact) mass is 324 g/mol. The molecule has 0 saturated carbocycles. The topological polar surface area (TPSA) is 102 Å². The largest absolute Gasteiger partial charge is 0.310 e. The van der Waals surface area contributed by atoms with Gasteiger partial charge in [0.1, 0.15) is 12.0 Å². The molecule has 0 aliphatic rings. The molecule has 0 spiro atoms. The van der Waals surface area contributed by atoms with Gasteiger partial charge in [0, 0.05) is 18.2 Å². The molecule has 0 amide bonds. The number of H-pyrrole nitrogens is 1. The minimum atomic E-state index is -0.501. The number of aromatic nitrogens is 3. The molecule has 24 heavy (non-hydrogen) atoms. The quantitative estimate of drug-likeness (QED) is 0.587. The Balaban J connectivity index is 1.94. The van der Waals surface area contributed by atoms with Crippen molar-refractivity contribution < 1.29 is 4.92 Å². The Morgan fingerprint density at radius 3 is 2.67 bits per heavy atom. The molecule has 0 radical (unpaired) electrons. The van der Waals surface area contributed by atoms with Crippen molar-refractivity contribution in [2.24, 2.45) is 0 Å². The van der Waals surface area contributed by atoms with E-state index < -0.39 is 4.92 Å². The maximum Gasteiger partial charge on any atom is 0.287 e. The van der Waals surface area contributed by atoms with Crippen LogP contribution in [0.5, 0.6) is 0 Å². The lowest BCUT2D eigenvalue weighted by Gasteiger charge is -2.07. The van der Waals surface area contributed by atoms with Crippen LogP contribution in [-0.2, 0) is 6.42 Å². The first-order valence-corrected chi connectivity index (χ1v) is 7.56. The first-order chi connectivity index (χ1) is 11.4. The SMILES string of the molecule is CC(C)c1ccc2nc(Cc3ccc([N+](=O)[O-])cn3)[nH]c(=O)c2c1. The molecule has 122 valence electrons. The number of nitrogens with one attached hydrogen (secondary N) is 1. The number of aromatic amines is 1. The highest BCUT2D eigenvalue weighted by Crippen LogP contribution is 2.18. The van der Waals surface area contributed by atoms with Crippen LogP contribution in [0, 0.1) is 10.1 Å². The second kappa shape index (κ2) is 6.19. The zero-order valence-corrected chi connectivity index (χ0v) is 13.3. The number of fused-ring (bicyclic) bond motifs is 1. The average Bonchev–Trinajstić information content (AvgIpc) is 2.55. The summed E-state index contributed by atoms with van der Waals surface area (Å²) in [6, 6.07) is 8.61. The minimum absolute atomic E-state index is 0.0695. The van der Waals surface area contributed by atoms with Gasteiger partial charge in [-0.2, -0.15) is 0 Å². The van der Waals surface area contributed by atoms with Crippen molar-refractivity contribution in [1.29, 1.82) is 0 Å². The number of hydrogen-bond donors (Lipinski definition) is 1. The summed E-state index contributed by atoms with van der Waals surface area (Å²) in [6.45, 7) is 4.13. The van der Waals surface area contributed by atoms with Crippen LogP contribution in [0.25, 0.3) is 10.9 Å². The summed E-state index contributed by atoms with van der Waals surface area (Å²) in [7, 11) is 0. The van der Waals surface area contributed by atoms with Crippen LogP contribution in [0.3, 0.4) is 0 Å². The van der Waals surface area contributed by atoms with Gasteiger partial charge in [-0.3, -0.25) is 19.9 Å². The Morgan fingerprint density at radius 1 is 1.25 bits per heavy atom. The summed E-state index contributed by atoms with van der Waals surface area (Å²) in [5, 5.41) is 11.2. The Labute approximate surface area is 137 Å². The van der Waals surface area contributed by atoms with E-state index in [4.69, 9.17) is 0 Å². The van der Waals surface area contributed by atoms with Gasteiger partial charge in [-0.15, -0.1) is 0 Å². The van der Waals surface area contributed by atoms with Crippen molar-refractivity contribution in [3.8, 4) is 0 Å². The lowest BCUT2D eigenvalue weighted by Crippen LogP contribution is -2.13. The summed E-state index contributed by atoms with van der Waals surface area (Å²) < 4.78 is 0. The first kappa shape index (κ1) is 15.8. The molecule has 0 atom stereocenters. The van der Waals surface area contributed by atoms with Crippen LogP contribution in [-0.4, -0.2) is 19.9 Å². The smallest absolute Gasteiger partial charge is 0.287 e. The van der Waals surface area contributed by atoms with Gasteiger partial charge in [-0.05, 0) is 29.7 Å². The van der Waals surface area contributed by atoms with Crippen molar-refractivity contribution >= 4 is 16.6 Å². The molecule has 2 heterocycles. The van der Waals surface area contributed by atoms with E-state index in [0.717, 1.165) is 5.56 Å². The summed E-state index contributed by atoms with van der Waals surface area (Å²) in [4.78, 5) is 33.7. The van der Waals surface area contributed by atoms with E-state index in [9.17, 15) is 14.9 Å². The number of nitro groups is 1. The van der Waals surface area contributed by atoms with E-state index in [1.54, 1.807) is 6.07 Å². The normalized spacial score (nSPS) is 11.1. The Hall–Kier alpha value is -3.09. The third-order valence-corrected chi connectivity index (χ3v) is 3.81. The molecule has 0 saturated heterocycles. The highest BCUT2D eigenvalue weighted by molar-refractivity contribution is 5.78. The van der Waals surface area contributed by atoms with E-state index in [2.05, 4.69) is 28.8 Å². The number of nitrogens with zero attached hydrogens (tertiary/aromatic N) is 3. The maximum atomic E-state index is 12.3. The molecule has 1 aromatic carbocycles. The third-order valence-electron chi connectivity index (χ3n) is 3.81. The Kier molecular flexibility index (Phi) is 4.07. The van der Waals surface area contributed by atoms with E-state index in [1.165, 1.54) is 12.3 Å². The summed E-state index contributed by atoms with van der Waals surface area (Å²) in [5.74, 6) is 0.809. The van der Waals surface area contributed by atoms with Crippen LogP contribution in [0.15, 0.2) is 41.3 Å². The van der Waals surface area contributed by atoms with Crippen molar-refractivity contribution in [2.45, 2.75) is 26.2 Å². The van der Waals surface area contributed by atoms with Crippen LogP contribution in [0.2, 0.25) is 0 Å². The molecular weight excluding hydrogens is 308 g/mol. The molecule has 1 N–H and O–H groups in total. The third kappa shape index (κ3) is 3.15. The molecule has 0 aliphatic heterocycles. The van der Waals surface area contributed by atoms with Gasteiger partial charge in [-0.25, -0.2) is 4.98 Å². The lowest BCUT2D eigenvalue weighted by molar-refractivity contribution is -0.385. The summed E-state index contributed by atoms with van der Waals surface area (Å²) >= 11 is 0. The molecular formula is C17H16N4O3. The van der Waals surface area contributed by atoms with E-state index >= 15 is 0 Å². The number of pyridine rings is 1. The predicted molar refractivity (Wildman–Crippen MR) is 90.2 cm³/mol. The Morgan fingerprint density at radius 2 is 2.04 bits per heavy atom. The molecule has 3 rings (SSSR count). The van der Waals surface area contributed by atoms with Crippen molar-refractivity contribution in [3.05, 3.63) is 74.1 Å². The van der Waals surface area contributed by atoms with Gasteiger partial charge in [0.25, 0.3) is 11.2 Å². The highest BCUT2D eigenvalue weighted by Gasteiger charge is 2.10. The molecule has 3 aromatic rings. The zero-order chi connectivity index (χ0) is 17.3. The van der Waals surface area contributed by atoms with Gasteiger partial charge in [-0.1, -0.05) is 19.9 Å². The molecule has 7 heteroatoms. The zero-order valence-electron chi connectivity index (χ0n) is 13.3. The lowest BCUT2D eigenvalue weighted by atomic mass is 10.0. The average molecular weight is 324 g/mol.